The van der Waals surface area contributed by atoms with Crippen molar-refractivity contribution in [3.63, 3.8) is 0 Å². The van der Waals surface area contributed by atoms with E-state index in [1.165, 1.54) is 0 Å². The average molecular weight is 407 g/mol. The number of nitrogens with zero attached hydrogens (tertiary/aromatic N) is 3. The summed E-state index contributed by atoms with van der Waals surface area (Å²) in [6.45, 7) is 6.18. The molecule has 1 aromatic carbocycles. The van der Waals surface area contributed by atoms with Crippen LogP contribution in [0.2, 0.25) is 5.02 Å². The van der Waals surface area contributed by atoms with Crippen LogP contribution in [0.5, 0.6) is 0 Å². The SMILES string of the molecule is CCOCCCNC(=O)C1CCCN(Cc2nc(-c3cccc(Cl)c3)no2)C1. The lowest BCUT2D eigenvalue weighted by Crippen LogP contribution is -2.43. The minimum Gasteiger partial charge on any atom is -0.382 e. The number of hydrogen-bond donors (Lipinski definition) is 1. The number of benzene rings is 1. The number of rotatable bonds is 9. The first-order valence-corrected chi connectivity index (χ1v) is 10.2. The first-order valence-electron chi connectivity index (χ1n) is 9.82. The highest BCUT2D eigenvalue weighted by atomic mass is 35.5. The Morgan fingerprint density at radius 1 is 1.46 bits per heavy atom. The van der Waals surface area contributed by atoms with E-state index in [1.807, 2.05) is 31.2 Å². The second kappa shape index (κ2) is 10.5. The number of aromatic nitrogens is 2. The molecule has 1 unspecified atom stereocenters. The molecule has 1 saturated heterocycles. The zero-order valence-electron chi connectivity index (χ0n) is 16.2. The Morgan fingerprint density at radius 3 is 3.18 bits per heavy atom. The van der Waals surface area contributed by atoms with E-state index in [-0.39, 0.29) is 11.8 Å². The minimum atomic E-state index is -0.00355. The number of nitrogens with one attached hydrogen (secondary N) is 1. The van der Waals surface area contributed by atoms with Crippen molar-refractivity contribution in [1.29, 1.82) is 0 Å². The molecule has 0 aliphatic carbocycles. The summed E-state index contributed by atoms with van der Waals surface area (Å²) in [5.41, 5.74) is 0.824. The van der Waals surface area contributed by atoms with Crippen molar-refractivity contribution < 1.29 is 14.1 Å². The molecule has 0 radical (unpaired) electrons. The normalized spacial score (nSPS) is 17.6. The molecule has 7 nitrogen and oxygen atoms in total. The third kappa shape index (κ3) is 6.02. The van der Waals surface area contributed by atoms with Gasteiger partial charge in [-0.2, -0.15) is 4.98 Å². The smallest absolute Gasteiger partial charge is 0.241 e. The molecule has 1 aliphatic heterocycles. The van der Waals surface area contributed by atoms with E-state index in [0.29, 0.717) is 49.6 Å². The van der Waals surface area contributed by atoms with Crippen molar-refractivity contribution in [2.45, 2.75) is 32.7 Å². The molecule has 1 fully saturated rings. The van der Waals surface area contributed by atoms with Gasteiger partial charge in [0.2, 0.25) is 17.6 Å². The second-order valence-electron chi connectivity index (χ2n) is 6.94. The van der Waals surface area contributed by atoms with Crippen molar-refractivity contribution in [3.8, 4) is 11.4 Å². The predicted molar refractivity (Wildman–Crippen MR) is 107 cm³/mol. The van der Waals surface area contributed by atoms with Crippen LogP contribution in [0.15, 0.2) is 28.8 Å². The van der Waals surface area contributed by atoms with E-state index in [9.17, 15) is 4.79 Å². The van der Waals surface area contributed by atoms with Gasteiger partial charge in [-0.15, -0.1) is 0 Å². The maximum Gasteiger partial charge on any atom is 0.241 e. The summed E-state index contributed by atoms with van der Waals surface area (Å²) < 4.78 is 10.7. The Hall–Kier alpha value is -1.96. The highest BCUT2D eigenvalue weighted by molar-refractivity contribution is 6.30. The fourth-order valence-electron chi connectivity index (χ4n) is 3.34. The molecular weight excluding hydrogens is 380 g/mol. The van der Waals surface area contributed by atoms with E-state index in [4.69, 9.17) is 20.9 Å². The van der Waals surface area contributed by atoms with Gasteiger partial charge in [-0.1, -0.05) is 28.9 Å². The maximum absolute atomic E-state index is 12.4. The quantitative estimate of drug-likeness (QED) is 0.644. The molecule has 2 aromatic rings. The number of hydrogen-bond acceptors (Lipinski definition) is 6. The van der Waals surface area contributed by atoms with E-state index in [1.54, 1.807) is 0 Å². The van der Waals surface area contributed by atoms with E-state index < -0.39 is 0 Å². The molecule has 3 rings (SSSR count). The lowest BCUT2D eigenvalue weighted by Gasteiger charge is -2.30. The molecule has 1 amide bonds. The molecule has 1 atom stereocenters. The fourth-order valence-corrected chi connectivity index (χ4v) is 3.53. The molecular formula is C20H27ClN4O3. The van der Waals surface area contributed by atoms with Crippen molar-refractivity contribution in [2.75, 3.05) is 32.8 Å². The lowest BCUT2D eigenvalue weighted by atomic mass is 9.97. The molecule has 152 valence electrons. The zero-order chi connectivity index (χ0) is 19.8. The van der Waals surface area contributed by atoms with Crippen LogP contribution in [0.25, 0.3) is 11.4 Å². The second-order valence-corrected chi connectivity index (χ2v) is 7.37. The molecule has 28 heavy (non-hydrogen) atoms. The van der Waals surface area contributed by atoms with E-state index in [2.05, 4.69) is 20.4 Å². The van der Waals surface area contributed by atoms with Gasteiger partial charge < -0.3 is 14.6 Å². The van der Waals surface area contributed by atoms with Gasteiger partial charge in [-0.25, -0.2) is 0 Å². The van der Waals surface area contributed by atoms with Gasteiger partial charge in [-0.3, -0.25) is 9.69 Å². The molecule has 1 aliphatic rings. The van der Waals surface area contributed by atoms with Crippen LogP contribution in [-0.4, -0.2) is 53.8 Å². The van der Waals surface area contributed by atoms with Crippen LogP contribution in [0.1, 0.15) is 32.1 Å². The Labute approximate surface area is 170 Å². The van der Waals surface area contributed by atoms with E-state index >= 15 is 0 Å². The van der Waals surface area contributed by atoms with Crippen molar-refractivity contribution in [3.05, 3.63) is 35.2 Å². The standard InChI is InChI=1S/C20H27ClN4O3/c1-2-27-11-5-9-22-20(26)16-7-4-10-25(13-16)14-18-23-19(24-28-18)15-6-3-8-17(21)12-15/h3,6,8,12,16H,2,4-5,7,9-11,13-14H2,1H3,(H,22,26). The summed E-state index contributed by atoms with van der Waals surface area (Å²) in [5.74, 6) is 1.19. The number of amides is 1. The van der Waals surface area contributed by atoms with Crippen molar-refractivity contribution in [2.24, 2.45) is 5.92 Å². The minimum absolute atomic E-state index is 0.00355. The van der Waals surface area contributed by atoms with Gasteiger partial charge in [0.1, 0.15) is 0 Å². The predicted octanol–water partition coefficient (Wildman–Crippen LogP) is 3.14. The average Bonchev–Trinajstić information content (AvgIpc) is 3.16. The molecule has 8 heteroatoms. The largest absolute Gasteiger partial charge is 0.382 e. The van der Waals surface area contributed by atoms with Gasteiger partial charge >= 0.3 is 0 Å². The van der Waals surface area contributed by atoms with Crippen LogP contribution in [0.3, 0.4) is 0 Å². The highest BCUT2D eigenvalue weighted by Crippen LogP contribution is 2.22. The van der Waals surface area contributed by atoms with E-state index in [0.717, 1.165) is 31.4 Å². The van der Waals surface area contributed by atoms with Crippen LogP contribution < -0.4 is 5.32 Å². The fraction of sp³-hybridized carbons (Fsp3) is 0.550. The molecule has 2 heterocycles. The topological polar surface area (TPSA) is 80.5 Å². The first-order chi connectivity index (χ1) is 13.7. The third-order valence-corrected chi connectivity index (χ3v) is 4.99. The van der Waals surface area contributed by atoms with Crippen molar-refractivity contribution >= 4 is 17.5 Å². The Balaban J connectivity index is 1.49. The molecule has 0 saturated carbocycles. The maximum atomic E-state index is 12.4. The zero-order valence-corrected chi connectivity index (χ0v) is 17.0. The van der Waals surface area contributed by atoms with Crippen LogP contribution in [0, 0.1) is 5.92 Å². The number of piperidine rings is 1. The van der Waals surface area contributed by atoms with Gasteiger partial charge in [0.05, 0.1) is 12.5 Å². The number of halogens is 1. The van der Waals surface area contributed by atoms with Crippen LogP contribution >= 0.6 is 11.6 Å². The first kappa shape index (κ1) is 20.8. The molecule has 0 spiro atoms. The number of likely N-dealkylation sites (tertiary alicyclic amines) is 1. The van der Waals surface area contributed by atoms with Gasteiger partial charge in [-0.05, 0) is 44.9 Å². The van der Waals surface area contributed by atoms with Crippen molar-refractivity contribution in [1.82, 2.24) is 20.4 Å². The summed E-state index contributed by atoms with van der Waals surface area (Å²) in [6.07, 6.45) is 2.72. The molecule has 1 aromatic heterocycles. The Kier molecular flexibility index (Phi) is 7.82. The van der Waals surface area contributed by atoms with Crippen LogP contribution in [0.4, 0.5) is 0 Å². The summed E-state index contributed by atoms with van der Waals surface area (Å²) in [5, 5.41) is 7.70. The third-order valence-electron chi connectivity index (χ3n) is 4.75. The summed E-state index contributed by atoms with van der Waals surface area (Å²) in [6, 6.07) is 7.37. The summed E-state index contributed by atoms with van der Waals surface area (Å²) in [7, 11) is 0. The van der Waals surface area contributed by atoms with Crippen LogP contribution in [-0.2, 0) is 16.1 Å². The summed E-state index contributed by atoms with van der Waals surface area (Å²) >= 11 is 6.02. The Morgan fingerprint density at radius 2 is 2.36 bits per heavy atom. The monoisotopic (exact) mass is 406 g/mol. The van der Waals surface area contributed by atoms with Gasteiger partial charge in [0.15, 0.2) is 0 Å². The van der Waals surface area contributed by atoms with Gasteiger partial charge in [0, 0.05) is 36.9 Å². The molecule has 0 bridgehead atoms. The molecule has 1 N–H and O–H groups in total. The highest BCUT2D eigenvalue weighted by Gasteiger charge is 2.26. The number of carbonyl (C=O) groups excluding carboxylic acids is 1. The summed E-state index contributed by atoms with van der Waals surface area (Å²) in [4.78, 5) is 19.1. The number of carbonyl (C=O) groups is 1. The Bertz CT molecular complexity index is 767. The lowest BCUT2D eigenvalue weighted by molar-refractivity contribution is -0.126. The number of ether oxygens (including phenoxy) is 1. The van der Waals surface area contributed by atoms with Gasteiger partial charge in [0.25, 0.3) is 0 Å².